The molecule has 0 saturated carbocycles. The second-order valence-electron chi connectivity index (χ2n) is 3.39. The molecule has 4 nitrogen and oxygen atoms in total. The summed E-state index contributed by atoms with van der Waals surface area (Å²) in [5.41, 5.74) is 7.76. The van der Waals surface area contributed by atoms with Crippen molar-refractivity contribution in [3.8, 4) is 17.0 Å². The minimum Gasteiger partial charge on any atom is -0.495 e. The molecular formula is C12H12N2O2. The molecule has 16 heavy (non-hydrogen) atoms. The maximum absolute atomic E-state index is 11.2. The lowest BCUT2D eigenvalue weighted by Gasteiger charge is -2.07. The van der Waals surface area contributed by atoms with E-state index in [1.165, 1.54) is 6.07 Å². The van der Waals surface area contributed by atoms with Crippen molar-refractivity contribution in [3.05, 3.63) is 46.8 Å². The zero-order valence-electron chi connectivity index (χ0n) is 8.86. The van der Waals surface area contributed by atoms with Gasteiger partial charge in [0.05, 0.1) is 12.8 Å². The number of anilines is 1. The Balaban J connectivity index is 2.52. The molecule has 0 radical (unpaired) electrons. The monoisotopic (exact) mass is 216 g/mol. The van der Waals surface area contributed by atoms with Crippen molar-refractivity contribution in [2.75, 3.05) is 12.8 Å². The summed E-state index contributed by atoms with van der Waals surface area (Å²) in [5.74, 6) is 0.599. The van der Waals surface area contributed by atoms with E-state index in [0.717, 1.165) is 11.3 Å². The number of H-pyrrole nitrogens is 1. The first kappa shape index (κ1) is 10.3. The lowest BCUT2D eigenvalue weighted by Crippen LogP contribution is -2.03. The minimum atomic E-state index is -0.131. The number of rotatable bonds is 2. The first-order chi connectivity index (χ1) is 7.70. The van der Waals surface area contributed by atoms with Gasteiger partial charge in [-0.1, -0.05) is 12.1 Å². The number of hydrogen-bond donors (Lipinski definition) is 2. The second-order valence-corrected chi connectivity index (χ2v) is 3.39. The third kappa shape index (κ3) is 1.91. The molecule has 0 fully saturated rings. The molecule has 0 spiro atoms. The zero-order valence-corrected chi connectivity index (χ0v) is 8.86. The van der Waals surface area contributed by atoms with E-state index in [9.17, 15) is 4.79 Å². The van der Waals surface area contributed by atoms with Gasteiger partial charge in [0.25, 0.3) is 0 Å². The van der Waals surface area contributed by atoms with E-state index in [1.54, 1.807) is 25.3 Å². The van der Waals surface area contributed by atoms with Crippen LogP contribution in [0.25, 0.3) is 11.3 Å². The Kier molecular flexibility index (Phi) is 2.64. The molecule has 0 saturated heterocycles. The average Bonchev–Trinajstić information content (AvgIpc) is 2.29. The summed E-state index contributed by atoms with van der Waals surface area (Å²) in [6.45, 7) is 0. The Hall–Kier alpha value is -2.23. The number of benzene rings is 1. The molecule has 1 heterocycles. The second kappa shape index (κ2) is 4.10. The molecular weight excluding hydrogens is 204 g/mol. The van der Waals surface area contributed by atoms with E-state index >= 15 is 0 Å². The summed E-state index contributed by atoms with van der Waals surface area (Å²) >= 11 is 0. The molecule has 0 unspecified atom stereocenters. The highest BCUT2D eigenvalue weighted by molar-refractivity contribution is 5.67. The smallest absolute Gasteiger partial charge is 0.248 e. The maximum Gasteiger partial charge on any atom is 0.248 e. The number of methoxy groups -OCH3 is 1. The molecule has 1 aromatic carbocycles. The number of pyridine rings is 1. The number of nitrogens with two attached hydrogens (primary N) is 1. The number of ether oxygens (including phenoxy) is 1. The van der Waals surface area contributed by atoms with E-state index in [4.69, 9.17) is 10.5 Å². The normalized spacial score (nSPS) is 10.1. The van der Waals surface area contributed by atoms with E-state index in [0.29, 0.717) is 11.4 Å². The van der Waals surface area contributed by atoms with Crippen LogP contribution < -0.4 is 16.0 Å². The average molecular weight is 216 g/mol. The third-order valence-electron chi connectivity index (χ3n) is 2.31. The summed E-state index contributed by atoms with van der Waals surface area (Å²) in [5, 5.41) is 0. The molecule has 0 bridgehead atoms. The number of nitrogen functional groups attached to an aromatic ring is 1. The summed E-state index contributed by atoms with van der Waals surface area (Å²) in [7, 11) is 1.56. The topological polar surface area (TPSA) is 68.1 Å². The van der Waals surface area contributed by atoms with Crippen molar-refractivity contribution in [2.24, 2.45) is 0 Å². The molecule has 0 aliphatic carbocycles. The first-order valence-electron chi connectivity index (χ1n) is 4.84. The van der Waals surface area contributed by atoms with Gasteiger partial charge in [0.15, 0.2) is 0 Å². The highest BCUT2D eigenvalue weighted by atomic mass is 16.5. The van der Waals surface area contributed by atoms with Gasteiger partial charge in [-0.25, -0.2) is 0 Å². The van der Waals surface area contributed by atoms with Crippen LogP contribution in [-0.4, -0.2) is 12.1 Å². The number of aromatic nitrogens is 1. The molecule has 2 aromatic rings. The van der Waals surface area contributed by atoms with E-state index in [1.807, 2.05) is 12.1 Å². The molecule has 3 N–H and O–H groups in total. The van der Waals surface area contributed by atoms with Crippen LogP contribution in [0.1, 0.15) is 0 Å². The maximum atomic E-state index is 11.2. The van der Waals surface area contributed by atoms with Crippen LogP contribution in [0.5, 0.6) is 5.75 Å². The largest absolute Gasteiger partial charge is 0.495 e. The van der Waals surface area contributed by atoms with Gasteiger partial charge in [0.2, 0.25) is 5.56 Å². The summed E-state index contributed by atoms with van der Waals surface area (Å²) in [6.07, 6.45) is 0. The van der Waals surface area contributed by atoms with E-state index in [-0.39, 0.29) is 5.56 Å². The van der Waals surface area contributed by atoms with Crippen LogP contribution in [0.2, 0.25) is 0 Å². The Labute approximate surface area is 92.7 Å². The predicted octanol–water partition coefficient (Wildman–Crippen LogP) is 1.63. The molecule has 2 rings (SSSR count). The predicted molar refractivity (Wildman–Crippen MR) is 63.5 cm³/mol. The molecule has 4 heteroatoms. The van der Waals surface area contributed by atoms with Gasteiger partial charge in [-0.15, -0.1) is 0 Å². The van der Waals surface area contributed by atoms with Crippen molar-refractivity contribution in [2.45, 2.75) is 0 Å². The standard InChI is InChI=1S/C12H12N2O2/c1-16-11-7-8(5-6-9(11)13)10-3-2-4-12(15)14-10/h2-7H,13H2,1H3,(H,14,15). The third-order valence-corrected chi connectivity index (χ3v) is 2.31. The van der Waals surface area contributed by atoms with Crippen LogP contribution >= 0.6 is 0 Å². The van der Waals surface area contributed by atoms with E-state index in [2.05, 4.69) is 4.98 Å². The van der Waals surface area contributed by atoms with Gasteiger partial charge in [0.1, 0.15) is 5.75 Å². The van der Waals surface area contributed by atoms with Crippen molar-refractivity contribution in [1.82, 2.24) is 4.98 Å². The summed E-state index contributed by atoms with van der Waals surface area (Å²) in [6, 6.07) is 10.4. The Morgan fingerprint density at radius 1 is 1.25 bits per heavy atom. The van der Waals surface area contributed by atoms with Crippen LogP contribution in [0.3, 0.4) is 0 Å². The van der Waals surface area contributed by atoms with Gasteiger partial charge < -0.3 is 15.5 Å². The fourth-order valence-electron chi connectivity index (χ4n) is 1.49. The highest BCUT2D eigenvalue weighted by Crippen LogP contribution is 2.26. The lowest BCUT2D eigenvalue weighted by atomic mass is 10.1. The molecule has 0 amide bonds. The lowest BCUT2D eigenvalue weighted by molar-refractivity contribution is 0.417. The van der Waals surface area contributed by atoms with Gasteiger partial charge in [0, 0.05) is 17.3 Å². The minimum absolute atomic E-state index is 0.131. The summed E-state index contributed by atoms with van der Waals surface area (Å²) in [4.78, 5) is 13.9. The van der Waals surface area contributed by atoms with Crippen LogP contribution in [0.15, 0.2) is 41.2 Å². The van der Waals surface area contributed by atoms with Crippen molar-refractivity contribution in [1.29, 1.82) is 0 Å². The van der Waals surface area contributed by atoms with E-state index < -0.39 is 0 Å². The highest BCUT2D eigenvalue weighted by Gasteiger charge is 2.03. The van der Waals surface area contributed by atoms with Crippen LogP contribution in [-0.2, 0) is 0 Å². The SMILES string of the molecule is COc1cc(-c2cccc(=O)[nH]2)ccc1N. The molecule has 1 aromatic heterocycles. The molecule has 0 aliphatic rings. The quantitative estimate of drug-likeness (QED) is 0.750. The molecule has 0 atom stereocenters. The fraction of sp³-hybridized carbons (Fsp3) is 0.0833. The molecule has 0 aliphatic heterocycles. The molecule has 82 valence electrons. The number of nitrogens with one attached hydrogen (secondary N) is 1. The number of aromatic amines is 1. The van der Waals surface area contributed by atoms with Gasteiger partial charge in [-0.05, 0) is 18.2 Å². The van der Waals surface area contributed by atoms with Gasteiger partial charge >= 0.3 is 0 Å². The first-order valence-corrected chi connectivity index (χ1v) is 4.84. The van der Waals surface area contributed by atoms with Gasteiger partial charge in [-0.2, -0.15) is 0 Å². The van der Waals surface area contributed by atoms with Gasteiger partial charge in [-0.3, -0.25) is 4.79 Å². The van der Waals surface area contributed by atoms with Crippen molar-refractivity contribution in [3.63, 3.8) is 0 Å². The zero-order chi connectivity index (χ0) is 11.5. The Bertz CT molecular complexity index is 561. The Morgan fingerprint density at radius 3 is 2.75 bits per heavy atom. The number of hydrogen-bond acceptors (Lipinski definition) is 3. The van der Waals surface area contributed by atoms with Crippen molar-refractivity contribution >= 4 is 5.69 Å². The fourth-order valence-corrected chi connectivity index (χ4v) is 1.49. The summed E-state index contributed by atoms with van der Waals surface area (Å²) < 4.78 is 5.12. The Morgan fingerprint density at radius 2 is 2.06 bits per heavy atom. The van der Waals surface area contributed by atoms with Crippen LogP contribution in [0.4, 0.5) is 5.69 Å². The van der Waals surface area contributed by atoms with Crippen molar-refractivity contribution < 1.29 is 4.74 Å². The van der Waals surface area contributed by atoms with Crippen LogP contribution in [0, 0.1) is 0 Å².